The van der Waals surface area contributed by atoms with Gasteiger partial charge in [0.2, 0.25) is 5.88 Å². The van der Waals surface area contributed by atoms with Crippen molar-refractivity contribution >= 4 is 52.3 Å². The van der Waals surface area contributed by atoms with Gasteiger partial charge < -0.3 is 19.5 Å². The van der Waals surface area contributed by atoms with E-state index in [4.69, 9.17) is 44.1 Å². The normalized spacial score (nSPS) is 14.8. The van der Waals surface area contributed by atoms with E-state index in [1.165, 1.54) is 12.1 Å². The number of rotatable bonds is 3. The molecule has 2 heterocycles. The van der Waals surface area contributed by atoms with E-state index in [1.54, 1.807) is 6.07 Å². The van der Waals surface area contributed by atoms with Crippen molar-refractivity contribution in [2.75, 3.05) is 36.5 Å². The molecule has 1 N–H and O–H groups in total. The van der Waals surface area contributed by atoms with Gasteiger partial charge in [-0.3, -0.25) is 4.79 Å². The summed E-state index contributed by atoms with van der Waals surface area (Å²) >= 11 is 17.8. The van der Waals surface area contributed by atoms with Gasteiger partial charge in [-0.25, -0.2) is 0 Å². The molecule has 9 heteroatoms. The van der Waals surface area contributed by atoms with Crippen molar-refractivity contribution in [2.45, 2.75) is 0 Å². The number of anilines is 2. The Morgan fingerprint density at radius 3 is 2.52 bits per heavy atom. The maximum Gasteiger partial charge on any atom is 0.277 e. The van der Waals surface area contributed by atoms with Crippen molar-refractivity contribution in [1.82, 2.24) is 5.16 Å². The van der Waals surface area contributed by atoms with Gasteiger partial charge in [0.25, 0.3) is 5.91 Å². The van der Waals surface area contributed by atoms with E-state index in [9.17, 15) is 4.79 Å². The summed E-state index contributed by atoms with van der Waals surface area (Å²) in [6.07, 6.45) is 0. The molecule has 3 rings (SSSR count). The van der Waals surface area contributed by atoms with E-state index in [1.807, 2.05) is 4.90 Å². The van der Waals surface area contributed by atoms with E-state index in [0.717, 1.165) is 0 Å². The van der Waals surface area contributed by atoms with Gasteiger partial charge in [0.15, 0.2) is 5.69 Å². The summed E-state index contributed by atoms with van der Waals surface area (Å²) in [6, 6.07) is 4.52. The molecule has 0 spiro atoms. The third kappa shape index (κ3) is 3.72. The molecule has 1 saturated heterocycles. The molecule has 1 amide bonds. The number of halogens is 3. The highest BCUT2D eigenvalue weighted by molar-refractivity contribution is 6.44. The summed E-state index contributed by atoms with van der Waals surface area (Å²) in [5, 5.41) is 7.30. The SMILES string of the molecule is O=C(Nc1cc(Cl)c(Cl)cc1Cl)c1cc(N2CCOCC2)on1. The number of hydrogen-bond acceptors (Lipinski definition) is 5. The van der Waals surface area contributed by atoms with Crippen LogP contribution in [0.4, 0.5) is 11.6 Å². The molecule has 0 unspecified atom stereocenters. The number of carbonyl (C=O) groups excluding carboxylic acids is 1. The average Bonchev–Trinajstić information content (AvgIpc) is 3.03. The Morgan fingerprint density at radius 2 is 1.78 bits per heavy atom. The minimum Gasteiger partial charge on any atom is -0.378 e. The Morgan fingerprint density at radius 1 is 1.09 bits per heavy atom. The highest BCUT2D eigenvalue weighted by atomic mass is 35.5. The standard InChI is InChI=1S/C14H12Cl3N3O3/c15-8-5-10(17)11(6-9(8)16)18-14(21)12-7-13(23-19-12)20-1-3-22-4-2-20/h5-7H,1-4H2,(H,18,21). The number of carbonyl (C=O) groups is 1. The van der Waals surface area contributed by atoms with Crippen LogP contribution >= 0.6 is 34.8 Å². The second kappa shape index (κ2) is 6.97. The maximum atomic E-state index is 12.2. The zero-order valence-electron chi connectivity index (χ0n) is 11.8. The molecule has 0 atom stereocenters. The van der Waals surface area contributed by atoms with Gasteiger partial charge in [0.05, 0.1) is 34.0 Å². The zero-order chi connectivity index (χ0) is 16.4. The van der Waals surface area contributed by atoms with E-state index < -0.39 is 5.91 Å². The molecule has 0 saturated carbocycles. The number of nitrogens with zero attached hydrogens (tertiary/aromatic N) is 2. The van der Waals surface area contributed by atoms with Crippen LogP contribution in [0, 0.1) is 0 Å². The number of hydrogen-bond donors (Lipinski definition) is 1. The fourth-order valence-corrected chi connectivity index (χ4v) is 2.70. The van der Waals surface area contributed by atoms with E-state index in [2.05, 4.69) is 10.5 Å². The van der Waals surface area contributed by atoms with E-state index >= 15 is 0 Å². The summed E-state index contributed by atoms with van der Waals surface area (Å²) in [4.78, 5) is 14.2. The van der Waals surface area contributed by atoms with Gasteiger partial charge in [0, 0.05) is 19.2 Å². The lowest BCUT2D eigenvalue weighted by Crippen LogP contribution is -2.35. The van der Waals surface area contributed by atoms with Gasteiger partial charge in [0.1, 0.15) is 0 Å². The Labute approximate surface area is 147 Å². The van der Waals surface area contributed by atoms with Crippen LogP contribution in [-0.4, -0.2) is 37.4 Å². The summed E-state index contributed by atoms with van der Waals surface area (Å²) in [5.41, 5.74) is 0.496. The first-order valence-corrected chi connectivity index (χ1v) is 7.93. The van der Waals surface area contributed by atoms with Crippen molar-refractivity contribution < 1.29 is 14.1 Å². The molecule has 23 heavy (non-hydrogen) atoms. The molecule has 0 aliphatic carbocycles. The Kier molecular flexibility index (Phi) is 4.96. The molecule has 1 fully saturated rings. The number of aromatic nitrogens is 1. The number of ether oxygens (including phenoxy) is 1. The molecular weight excluding hydrogens is 365 g/mol. The predicted octanol–water partition coefficient (Wildman–Crippen LogP) is 3.72. The minimum atomic E-state index is -0.450. The molecule has 1 aliphatic rings. The highest BCUT2D eigenvalue weighted by Crippen LogP contribution is 2.32. The van der Waals surface area contributed by atoms with Gasteiger partial charge >= 0.3 is 0 Å². The van der Waals surface area contributed by atoms with Crippen LogP contribution in [0.1, 0.15) is 10.5 Å². The summed E-state index contributed by atoms with van der Waals surface area (Å²) in [6.45, 7) is 2.60. The zero-order valence-corrected chi connectivity index (χ0v) is 14.1. The molecule has 6 nitrogen and oxygen atoms in total. The summed E-state index contributed by atoms with van der Waals surface area (Å²) in [5.74, 6) is 0.0761. The minimum absolute atomic E-state index is 0.147. The monoisotopic (exact) mass is 375 g/mol. The topological polar surface area (TPSA) is 67.6 Å². The lowest BCUT2D eigenvalue weighted by molar-refractivity contribution is 0.101. The lowest BCUT2D eigenvalue weighted by Gasteiger charge is -2.25. The first-order valence-electron chi connectivity index (χ1n) is 6.80. The number of nitrogens with one attached hydrogen (secondary N) is 1. The Hall–Kier alpha value is -1.47. The van der Waals surface area contributed by atoms with Crippen LogP contribution in [-0.2, 0) is 4.74 Å². The summed E-state index contributed by atoms with van der Waals surface area (Å²) < 4.78 is 10.5. The van der Waals surface area contributed by atoms with Crippen LogP contribution in [0.3, 0.4) is 0 Å². The van der Waals surface area contributed by atoms with Crippen LogP contribution in [0.15, 0.2) is 22.7 Å². The fraction of sp³-hybridized carbons (Fsp3) is 0.286. The summed E-state index contributed by atoms with van der Waals surface area (Å²) in [7, 11) is 0. The van der Waals surface area contributed by atoms with Crippen molar-refractivity contribution in [3.05, 3.63) is 39.0 Å². The van der Waals surface area contributed by atoms with Crippen molar-refractivity contribution in [3.8, 4) is 0 Å². The molecule has 122 valence electrons. The van der Waals surface area contributed by atoms with Crippen LogP contribution < -0.4 is 10.2 Å². The third-order valence-corrected chi connectivity index (χ3v) is 4.35. The first-order chi connectivity index (χ1) is 11.0. The molecule has 0 bridgehead atoms. The van der Waals surface area contributed by atoms with Crippen LogP contribution in [0.25, 0.3) is 0 Å². The second-order valence-corrected chi connectivity index (χ2v) is 6.07. The van der Waals surface area contributed by atoms with Gasteiger partial charge in [-0.05, 0) is 12.1 Å². The molecule has 0 radical (unpaired) electrons. The van der Waals surface area contributed by atoms with Crippen LogP contribution in [0.2, 0.25) is 15.1 Å². The molecule has 1 aromatic heterocycles. The second-order valence-electron chi connectivity index (χ2n) is 4.85. The molecule has 1 aromatic carbocycles. The smallest absolute Gasteiger partial charge is 0.277 e. The van der Waals surface area contributed by atoms with Crippen LogP contribution in [0.5, 0.6) is 0 Å². The number of benzene rings is 1. The highest BCUT2D eigenvalue weighted by Gasteiger charge is 2.20. The van der Waals surface area contributed by atoms with E-state index in [-0.39, 0.29) is 10.7 Å². The molecule has 1 aliphatic heterocycles. The number of amides is 1. The third-order valence-electron chi connectivity index (χ3n) is 3.31. The predicted molar refractivity (Wildman–Crippen MR) is 89.0 cm³/mol. The Bertz CT molecular complexity index is 729. The van der Waals surface area contributed by atoms with Crippen molar-refractivity contribution in [3.63, 3.8) is 0 Å². The number of morpholine rings is 1. The fourth-order valence-electron chi connectivity index (χ4n) is 2.11. The lowest BCUT2D eigenvalue weighted by atomic mass is 10.3. The van der Waals surface area contributed by atoms with Gasteiger partial charge in [-0.1, -0.05) is 40.0 Å². The molecule has 2 aromatic rings. The van der Waals surface area contributed by atoms with Crippen molar-refractivity contribution in [1.29, 1.82) is 0 Å². The quantitative estimate of drug-likeness (QED) is 0.827. The molecular formula is C14H12Cl3N3O3. The Balaban J connectivity index is 1.74. The van der Waals surface area contributed by atoms with Gasteiger partial charge in [-0.15, -0.1) is 0 Å². The average molecular weight is 377 g/mol. The maximum absolute atomic E-state index is 12.2. The van der Waals surface area contributed by atoms with Gasteiger partial charge in [-0.2, -0.15) is 0 Å². The largest absolute Gasteiger partial charge is 0.378 e. The van der Waals surface area contributed by atoms with Crippen molar-refractivity contribution in [2.24, 2.45) is 0 Å². The first kappa shape index (κ1) is 16.4. The van der Waals surface area contributed by atoms with E-state index in [0.29, 0.717) is 47.9 Å².